The van der Waals surface area contributed by atoms with Crippen LogP contribution < -0.4 is 5.32 Å². The highest BCUT2D eigenvalue weighted by molar-refractivity contribution is 7.98. The molecule has 0 saturated heterocycles. The number of nitrogens with zero attached hydrogens (tertiary/aromatic N) is 3. The normalized spacial score (nSPS) is 10.9. The van der Waals surface area contributed by atoms with Crippen LogP contribution in [-0.4, -0.2) is 47.0 Å². The molecule has 0 spiro atoms. The first-order chi connectivity index (χ1) is 7.88. The Morgan fingerprint density at radius 2 is 2.44 bits per heavy atom. The summed E-state index contributed by atoms with van der Waals surface area (Å²) in [6.45, 7) is 3.26. The van der Waals surface area contributed by atoms with Crippen LogP contribution in [0.25, 0.3) is 0 Å². The van der Waals surface area contributed by atoms with Gasteiger partial charge in [0.05, 0.1) is 13.2 Å². The van der Waals surface area contributed by atoms with Crippen molar-refractivity contribution in [2.75, 3.05) is 32.3 Å². The van der Waals surface area contributed by atoms with Gasteiger partial charge in [-0.05, 0) is 18.4 Å². The largest absolute Gasteiger partial charge is 0.383 e. The van der Waals surface area contributed by atoms with E-state index in [1.807, 2.05) is 16.4 Å². The van der Waals surface area contributed by atoms with Gasteiger partial charge in [0.1, 0.15) is 12.2 Å². The number of thioether (sulfide) groups is 1. The maximum absolute atomic E-state index is 4.96. The summed E-state index contributed by atoms with van der Waals surface area (Å²) in [7, 11) is 1.70. The van der Waals surface area contributed by atoms with E-state index in [1.165, 1.54) is 0 Å². The number of hydrogen-bond donors (Lipinski definition) is 1. The maximum Gasteiger partial charge on any atom is 0.140 e. The molecule has 0 fully saturated rings. The average Bonchev–Trinajstić information content (AvgIpc) is 2.73. The Bertz CT molecular complexity index is 280. The summed E-state index contributed by atoms with van der Waals surface area (Å²) in [6, 6.07) is 0. The first kappa shape index (κ1) is 13.5. The Labute approximate surface area is 101 Å². The van der Waals surface area contributed by atoms with Crippen LogP contribution in [0.3, 0.4) is 0 Å². The zero-order chi connectivity index (χ0) is 11.6. The van der Waals surface area contributed by atoms with Gasteiger partial charge in [-0.1, -0.05) is 0 Å². The van der Waals surface area contributed by atoms with E-state index in [4.69, 9.17) is 4.74 Å². The van der Waals surface area contributed by atoms with E-state index < -0.39 is 0 Å². The van der Waals surface area contributed by atoms with Crippen LogP contribution in [0.4, 0.5) is 0 Å². The van der Waals surface area contributed by atoms with Crippen LogP contribution in [0.5, 0.6) is 0 Å². The van der Waals surface area contributed by atoms with Gasteiger partial charge in [-0.15, -0.1) is 0 Å². The molecule has 1 aromatic heterocycles. The fourth-order valence-electron chi connectivity index (χ4n) is 1.34. The van der Waals surface area contributed by atoms with Gasteiger partial charge in [-0.25, -0.2) is 9.67 Å². The minimum Gasteiger partial charge on any atom is -0.383 e. The third-order valence-corrected chi connectivity index (χ3v) is 2.88. The number of aromatic nitrogens is 3. The molecule has 0 bridgehead atoms. The second kappa shape index (κ2) is 8.55. The van der Waals surface area contributed by atoms with E-state index in [0.717, 1.165) is 44.2 Å². The Morgan fingerprint density at radius 3 is 3.19 bits per heavy atom. The maximum atomic E-state index is 4.96. The first-order valence-corrected chi connectivity index (χ1v) is 6.83. The molecule has 0 amide bonds. The van der Waals surface area contributed by atoms with Gasteiger partial charge in [0.2, 0.25) is 0 Å². The Morgan fingerprint density at radius 1 is 1.56 bits per heavy atom. The molecule has 6 heteroatoms. The molecule has 0 atom stereocenters. The van der Waals surface area contributed by atoms with Crippen molar-refractivity contribution in [2.24, 2.45) is 0 Å². The van der Waals surface area contributed by atoms with Crippen molar-refractivity contribution in [1.29, 1.82) is 0 Å². The first-order valence-electron chi connectivity index (χ1n) is 5.43. The minimum absolute atomic E-state index is 0.723. The van der Waals surface area contributed by atoms with E-state index in [1.54, 1.807) is 13.4 Å². The molecule has 1 rings (SSSR count). The summed E-state index contributed by atoms with van der Waals surface area (Å²) in [4.78, 5) is 4.23. The van der Waals surface area contributed by atoms with Gasteiger partial charge in [-0.2, -0.15) is 16.9 Å². The number of hydrogen-bond acceptors (Lipinski definition) is 5. The van der Waals surface area contributed by atoms with E-state index in [-0.39, 0.29) is 0 Å². The molecule has 1 N–H and O–H groups in total. The van der Waals surface area contributed by atoms with Crippen molar-refractivity contribution in [2.45, 2.75) is 19.5 Å². The zero-order valence-corrected chi connectivity index (χ0v) is 10.8. The topological polar surface area (TPSA) is 52.0 Å². The van der Waals surface area contributed by atoms with E-state index in [0.29, 0.717) is 0 Å². The molecular weight excluding hydrogens is 224 g/mol. The number of methoxy groups -OCH3 is 1. The van der Waals surface area contributed by atoms with Crippen LogP contribution in [0, 0.1) is 0 Å². The number of ether oxygens (including phenoxy) is 1. The van der Waals surface area contributed by atoms with Gasteiger partial charge in [-0.3, -0.25) is 0 Å². The monoisotopic (exact) mass is 244 g/mol. The van der Waals surface area contributed by atoms with Crippen molar-refractivity contribution in [3.63, 3.8) is 0 Å². The summed E-state index contributed by atoms with van der Waals surface area (Å²) in [6.07, 6.45) is 4.87. The molecule has 1 aromatic rings. The van der Waals surface area contributed by atoms with Crippen molar-refractivity contribution in [3.8, 4) is 0 Å². The summed E-state index contributed by atoms with van der Waals surface area (Å²) in [5, 5.41) is 7.48. The number of rotatable bonds is 9. The summed E-state index contributed by atoms with van der Waals surface area (Å²) in [5.74, 6) is 2.16. The van der Waals surface area contributed by atoms with Crippen molar-refractivity contribution in [1.82, 2.24) is 20.1 Å². The molecular formula is C10H20N4OS. The van der Waals surface area contributed by atoms with Gasteiger partial charge in [0.25, 0.3) is 0 Å². The number of aryl methyl sites for hydroxylation is 1. The lowest BCUT2D eigenvalue weighted by Crippen LogP contribution is -2.21. The second-order valence-corrected chi connectivity index (χ2v) is 4.40. The zero-order valence-electron chi connectivity index (χ0n) is 9.98. The molecule has 0 aliphatic heterocycles. The smallest absolute Gasteiger partial charge is 0.140 e. The summed E-state index contributed by atoms with van der Waals surface area (Å²) in [5.41, 5.74) is 0. The SMILES string of the molecule is COCCNCc1ncnn1CCCSC. The quantitative estimate of drug-likeness (QED) is 0.650. The standard InChI is InChI=1S/C10H20N4OS/c1-15-6-4-11-8-10-12-9-13-14(10)5-3-7-16-2/h9,11H,3-8H2,1-2H3. The van der Waals surface area contributed by atoms with E-state index in [9.17, 15) is 0 Å². The van der Waals surface area contributed by atoms with Crippen LogP contribution >= 0.6 is 11.8 Å². The van der Waals surface area contributed by atoms with E-state index in [2.05, 4.69) is 21.7 Å². The van der Waals surface area contributed by atoms with Crippen LogP contribution in [0.1, 0.15) is 12.2 Å². The van der Waals surface area contributed by atoms with Crippen molar-refractivity contribution >= 4 is 11.8 Å². The molecule has 1 heterocycles. The molecule has 0 aromatic carbocycles. The molecule has 16 heavy (non-hydrogen) atoms. The summed E-state index contributed by atoms with van der Waals surface area (Å²) < 4.78 is 6.93. The Balaban J connectivity index is 2.26. The minimum atomic E-state index is 0.723. The third-order valence-electron chi connectivity index (χ3n) is 2.18. The molecule has 5 nitrogen and oxygen atoms in total. The fraction of sp³-hybridized carbons (Fsp3) is 0.800. The summed E-state index contributed by atoms with van der Waals surface area (Å²) >= 11 is 1.86. The molecule has 0 aliphatic rings. The molecule has 92 valence electrons. The van der Waals surface area contributed by atoms with Gasteiger partial charge >= 0.3 is 0 Å². The lowest BCUT2D eigenvalue weighted by atomic mass is 10.4. The van der Waals surface area contributed by atoms with Crippen LogP contribution in [0.15, 0.2) is 6.33 Å². The average molecular weight is 244 g/mol. The second-order valence-electron chi connectivity index (χ2n) is 3.42. The molecule has 0 radical (unpaired) electrons. The lowest BCUT2D eigenvalue weighted by molar-refractivity contribution is 0.198. The van der Waals surface area contributed by atoms with Crippen molar-refractivity contribution in [3.05, 3.63) is 12.2 Å². The molecule has 0 aliphatic carbocycles. The predicted molar refractivity (Wildman–Crippen MR) is 66.6 cm³/mol. The predicted octanol–water partition coefficient (Wildman–Crippen LogP) is 0.767. The highest BCUT2D eigenvalue weighted by Crippen LogP contribution is 2.00. The Hall–Kier alpha value is -0.590. The van der Waals surface area contributed by atoms with Gasteiger partial charge in [0.15, 0.2) is 0 Å². The highest BCUT2D eigenvalue weighted by atomic mass is 32.2. The van der Waals surface area contributed by atoms with E-state index >= 15 is 0 Å². The lowest BCUT2D eigenvalue weighted by Gasteiger charge is -2.06. The highest BCUT2D eigenvalue weighted by Gasteiger charge is 2.02. The molecule has 0 saturated carbocycles. The third kappa shape index (κ3) is 4.96. The molecule has 0 unspecified atom stereocenters. The number of nitrogens with one attached hydrogen (secondary N) is 1. The van der Waals surface area contributed by atoms with Gasteiger partial charge < -0.3 is 10.1 Å². The fourth-order valence-corrected chi connectivity index (χ4v) is 1.76. The Kier molecular flexibility index (Phi) is 7.20. The van der Waals surface area contributed by atoms with Crippen molar-refractivity contribution < 1.29 is 4.74 Å². The van der Waals surface area contributed by atoms with Crippen LogP contribution in [-0.2, 0) is 17.8 Å². The van der Waals surface area contributed by atoms with Crippen LogP contribution in [0.2, 0.25) is 0 Å². The van der Waals surface area contributed by atoms with Gasteiger partial charge in [0, 0.05) is 20.2 Å².